The van der Waals surface area contributed by atoms with Crippen LogP contribution in [-0.2, 0) is 9.09 Å². The van der Waals surface area contributed by atoms with E-state index in [2.05, 4.69) is 13.8 Å². The third-order valence-electron chi connectivity index (χ3n) is 1.99. The Labute approximate surface area is 114 Å². The molecule has 0 heterocycles. The molecular weight excluding hydrogens is 319 g/mol. The number of hydrogen-bond acceptors (Lipinski definition) is 2. The van der Waals surface area contributed by atoms with E-state index in [1.54, 1.807) is 0 Å². The van der Waals surface area contributed by atoms with Gasteiger partial charge in [0.05, 0.1) is 6.61 Å². The van der Waals surface area contributed by atoms with E-state index in [9.17, 15) is 4.57 Å². The molecule has 0 amide bonds. The van der Waals surface area contributed by atoms with Crippen LogP contribution in [-0.4, -0.2) is 11.5 Å². The molecule has 2 unspecified atom stereocenters. The van der Waals surface area contributed by atoms with Crippen molar-refractivity contribution in [3.8, 4) is 0 Å². The van der Waals surface area contributed by atoms with Gasteiger partial charge in [0.1, 0.15) is 0 Å². The Kier molecular flexibility index (Phi) is 15.1. The second kappa shape index (κ2) is 11.6. The van der Waals surface area contributed by atoms with Crippen molar-refractivity contribution in [2.45, 2.75) is 39.5 Å². The number of rotatable bonds is 7. The maximum absolute atomic E-state index is 10.3. The van der Waals surface area contributed by atoms with Crippen molar-refractivity contribution in [2.24, 2.45) is 5.92 Å². The van der Waals surface area contributed by atoms with Crippen LogP contribution in [0.3, 0.4) is 0 Å². The Balaban J connectivity index is 0. The number of hydrogen-bond donors (Lipinski definition) is 1. The Morgan fingerprint density at radius 2 is 2.08 bits per heavy atom. The SMILES string of the molecule is CCCCC(CC)CO[PH](=O)O.[Nd]. The summed E-state index contributed by atoms with van der Waals surface area (Å²) in [6.45, 7) is 4.66. The van der Waals surface area contributed by atoms with Gasteiger partial charge in [0.25, 0.3) is 0 Å². The Bertz CT molecular complexity index is 133. The molecule has 0 saturated carbocycles. The molecular formula is C8H19NdO3P. The Morgan fingerprint density at radius 1 is 1.46 bits per heavy atom. The minimum absolute atomic E-state index is 0. The number of unbranched alkanes of at least 4 members (excludes halogenated alkanes) is 1. The van der Waals surface area contributed by atoms with Crippen LogP contribution in [0.15, 0.2) is 0 Å². The first-order chi connectivity index (χ1) is 5.70. The Hall–Kier alpha value is 1.50. The minimum atomic E-state index is -2.71. The van der Waals surface area contributed by atoms with Crippen LogP contribution in [0.25, 0.3) is 0 Å². The van der Waals surface area contributed by atoms with E-state index in [1.807, 2.05) is 0 Å². The van der Waals surface area contributed by atoms with E-state index < -0.39 is 8.25 Å². The van der Waals surface area contributed by atoms with Gasteiger partial charge in [0.15, 0.2) is 0 Å². The van der Waals surface area contributed by atoms with Crippen molar-refractivity contribution in [1.82, 2.24) is 0 Å². The summed E-state index contributed by atoms with van der Waals surface area (Å²) < 4.78 is 15.0. The summed E-state index contributed by atoms with van der Waals surface area (Å²) in [5.41, 5.74) is 0. The van der Waals surface area contributed by atoms with Crippen molar-refractivity contribution < 1.29 is 54.8 Å². The molecule has 0 bridgehead atoms. The molecule has 0 aromatic rings. The molecule has 5 heteroatoms. The van der Waals surface area contributed by atoms with Gasteiger partial charge in [-0.05, 0) is 12.3 Å². The molecule has 0 radical (unpaired) electrons. The second-order valence-electron chi connectivity index (χ2n) is 2.99. The standard InChI is InChI=1S/C8H19O3P.Nd/c1-3-5-6-8(4-2)7-11-12(9)10;/h8,12H,3-7H2,1-2H3,(H,9,10);. The zero-order valence-corrected chi connectivity index (χ0v) is 12.6. The van der Waals surface area contributed by atoms with Crippen LogP contribution < -0.4 is 0 Å². The quantitative estimate of drug-likeness (QED) is 0.726. The third-order valence-corrected chi connectivity index (χ3v) is 2.40. The zero-order valence-electron chi connectivity index (χ0n) is 8.38. The predicted molar refractivity (Wildman–Crippen MR) is 50.5 cm³/mol. The van der Waals surface area contributed by atoms with Crippen LogP contribution in [0.4, 0.5) is 0 Å². The van der Waals surface area contributed by atoms with Gasteiger partial charge in [0, 0.05) is 40.8 Å². The summed E-state index contributed by atoms with van der Waals surface area (Å²) in [6.07, 6.45) is 4.47. The molecule has 0 saturated heterocycles. The molecule has 0 aliphatic heterocycles. The van der Waals surface area contributed by atoms with Gasteiger partial charge in [-0.25, -0.2) is 0 Å². The van der Waals surface area contributed by atoms with Crippen LogP contribution in [0, 0.1) is 46.8 Å². The van der Waals surface area contributed by atoms with E-state index >= 15 is 0 Å². The average molecular weight is 338 g/mol. The van der Waals surface area contributed by atoms with Crippen LogP contribution in [0.2, 0.25) is 0 Å². The van der Waals surface area contributed by atoms with E-state index in [4.69, 9.17) is 9.42 Å². The van der Waals surface area contributed by atoms with E-state index in [0.717, 1.165) is 12.8 Å². The summed E-state index contributed by atoms with van der Waals surface area (Å²) in [7, 11) is -2.71. The summed E-state index contributed by atoms with van der Waals surface area (Å²) in [4.78, 5) is 8.45. The van der Waals surface area contributed by atoms with Crippen LogP contribution >= 0.6 is 8.25 Å². The largest absolute Gasteiger partial charge is 0.326 e. The minimum Gasteiger partial charge on any atom is -0.326 e. The van der Waals surface area contributed by atoms with Crippen molar-refractivity contribution in [3.05, 3.63) is 0 Å². The van der Waals surface area contributed by atoms with E-state index in [0.29, 0.717) is 12.5 Å². The van der Waals surface area contributed by atoms with Crippen molar-refractivity contribution in [2.75, 3.05) is 6.61 Å². The molecule has 0 aliphatic carbocycles. The zero-order chi connectivity index (χ0) is 9.40. The molecule has 0 fully saturated rings. The second-order valence-corrected chi connectivity index (χ2v) is 3.81. The predicted octanol–water partition coefficient (Wildman–Crippen LogP) is 2.60. The fourth-order valence-corrected chi connectivity index (χ4v) is 1.47. The van der Waals surface area contributed by atoms with E-state index in [-0.39, 0.29) is 40.8 Å². The maximum atomic E-state index is 10.3. The monoisotopic (exact) mass is 336 g/mol. The molecule has 0 rings (SSSR count). The van der Waals surface area contributed by atoms with Crippen molar-refractivity contribution in [1.29, 1.82) is 0 Å². The summed E-state index contributed by atoms with van der Waals surface area (Å²) >= 11 is 0. The van der Waals surface area contributed by atoms with Gasteiger partial charge < -0.3 is 9.42 Å². The van der Waals surface area contributed by atoms with Gasteiger partial charge in [-0.1, -0.05) is 33.1 Å². The molecule has 3 nitrogen and oxygen atoms in total. The van der Waals surface area contributed by atoms with E-state index in [1.165, 1.54) is 12.8 Å². The fraction of sp³-hybridized carbons (Fsp3) is 1.00. The molecule has 0 aliphatic rings. The Morgan fingerprint density at radius 3 is 2.46 bits per heavy atom. The molecule has 1 N–H and O–H groups in total. The third kappa shape index (κ3) is 11.4. The van der Waals surface area contributed by atoms with Gasteiger partial charge in [0.2, 0.25) is 0 Å². The van der Waals surface area contributed by atoms with Crippen molar-refractivity contribution in [3.63, 3.8) is 0 Å². The van der Waals surface area contributed by atoms with Gasteiger partial charge in [-0.2, -0.15) is 0 Å². The topological polar surface area (TPSA) is 46.5 Å². The smallest absolute Gasteiger partial charge is 0.316 e. The van der Waals surface area contributed by atoms with Gasteiger partial charge in [-0.3, -0.25) is 4.57 Å². The summed E-state index contributed by atoms with van der Waals surface area (Å²) in [6, 6.07) is 0. The molecule has 78 valence electrons. The first kappa shape index (κ1) is 16.9. The first-order valence-corrected chi connectivity index (χ1v) is 5.82. The normalized spacial score (nSPS) is 14.7. The summed E-state index contributed by atoms with van der Waals surface area (Å²) in [5, 5.41) is 0. The molecule has 0 spiro atoms. The van der Waals surface area contributed by atoms with Crippen molar-refractivity contribution >= 4 is 8.25 Å². The molecule has 0 aromatic heterocycles. The van der Waals surface area contributed by atoms with Gasteiger partial charge in [-0.15, -0.1) is 0 Å². The summed E-state index contributed by atoms with van der Waals surface area (Å²) in [5.74, 6) is 0.450. The fourth-order valence-electron chi connectivity index (χ4n) is 1.09. The molecule has 0 aromatic carbocycles. The average Bonchev–Trinajstić information content (AvgIpc) is 2.05. The van der Waals surface area contributed by atoms with Crippen LogP contribution in [0.5, 0.6) is 0 Å². The van der Waals surface area contributed by atoms with Crippen LogP contribution in [0.1, 0.15) is 39.5 Å². The van der Waals surface area contributed by atoms with Gasteiger partial charge >= 0.3 is 8.25 Å². The first-order valence-electron chi connectivity index (χ1n) is 4.56. The maximum Gasteiger partial charge on any atom is 0.316 e. The molecule has 13 heavy (non-hydrogen) atoms. The molecule has 2 atom stereocenters.